The Morgan fingerprint density at radius 3 is 2.70 bits per heavy atom. The molecule has 1 saturated heterocycles. The van der Waals surface area contributed by atoms with Gasteiger partial charge in [-0.05, 0) is 37.3 Å². The molecule has 2 atom stereocenters. The number of para-hydroxylation sites is 1. The van der Waals surface area contributed by atoms with Gasteiger partial charge in [0.2, 0.25) is 5.91 Å². The van der Waals surface area contributed by atoms with Crippen molar-refractivity contribution in [2.45, 2.75) is 33.1 Å². The van der Waals surface area contributed by atoms with E-state index in [1.165, 1.54) is 0 Å². The average Bonchev–Trinajstić information content (AvgIpc) is 2.92. The summed E-state index contributed by atoms with van der Waals surface area (Å²) in [4.78, 5) is 25.4. The van der Waals surface area contributed by atoms with Crippen LogP contribution < -0.4 is 4.74 Å². The zero-order valence-electron chi connectivity index (χ0n) is 14.0. The first-order valence-corrected chi connectivity index (χ1v) is 7.99. The van der Waals surface area contributed by atoms with Gasteiger partial charge in [-0.3, -0.25) is 9.59 Å². The molecule has 1 fully saturated rings. The van der Waals surface area contributed by atoms with Crippen LogP contribution in [0.25, 0.3) is 0 Å². The van der Waals surface area contributed by atoms with E-state index >= 15 is 0 Å². The largest absolute Gasteiger partial charge is 0.496 e. The third kappa shape index (κ3) is 4.03. The lowest BCUT2D eigenvalue weighted by Gasteiger charge is -2.22. The lowest BCUT2D eigenvalue weighted by atomic mass is 9.90. The van der Waals surface area contributed by atoms with Crippen LogP contribution in [0, 0.1) is 11.3 Å². The molecular formula is C18H25NO4. The highest BCUT2D eigenvalue weighted by molar-refractivity contribution is 5.80. The predicted molar refractivity (Wildman–Crippen MR) is 87.4 cm³/mol. The number of rotatable bonds is 6. The van der Waals surface area contributed by atoms with E-state index in [9.17, 15) is 14.7 Å². The van der Waals surface area contributed by atoms with E-state index in [0.717, 1.165) is 17.7 Å². The molecule has 1 amide bonds. The minimum atomic E-state index is -0.824. The molecule has 1 aliphatic heterocycles. The van der Waals surface area contributed by atoms with Crippen molar-refractivity contribution in [3.8, 4) is 5.75 Å². The summed E-state index contributed by atoms with van der Waals surface area (Å²) in [5.74, 6) is 0.231. The van der Waals surface area contributed by atoms with Gasteiger partial charge >= 0.3 is 5.97 Å². The first kappa shape index (κ1) is 17.3. The summed E-state index contributed by atoms with van der Waals surface area (Å²) in [6, 6.07) is 7.82. The Kier molecular flexibility index (Phi) is 5.29. The summed E-state index contributed by atoms with van der Waals surface area (Å²) in [5.41, 5.74) is 0.286. The van der Waals surface area contributed by atoms with E-state index in [-0.39, 0.29) is 11.8 Å². The number of aliphatic carboxylic acids is 1. The third-order valence-electron chi connectivity index (χ3n) is 4.63. The van der Waals surface area contributed by atoms with E-state index < -0.39 is 11.4 Å². The number of amides is 1. The topological polar surface area (TPSA) is 66.8 Å². The Hall–Kier alpha value is -2.04. The molecule has 1 N–H and O–H groups in total. The van der Waals surface area contributed by atoms with Gasteiger partial charge in [0.15, 0.2) is 0 Å². The number of carboxylic acid groups (broad SMARTS) is 1. The monoisotopic (exact) mass is 319 g/mol. The fourth-order valence-corrected chi connectivity index (χ4v) is 3.09. The van der Waals surface area contributed by atoms with Gasteiger partial charge in [0.05, 0.1) is 12.5 Å². The Bertz CT molecular complexity index is 586. The van der Waals surface area contributed by atoms with Crippen LogP contribution in [-0.4, -0.2) is 42.1 Å². The fraction of sp³-hybridized carbons (Fsp3) is 0.556. The van der Waals surface area contributed by atoms with Gasteiger partial charge < -0.3 is 14.7 Å². The van der Waals surface area contributed by atoms with Crippen LogP contribution in [0.5, 0.6) is 5.75 Å². The molecule has 1 aromatic carbocycles. The summed E-state index contributed by atoms with van der Waals surface area (Å²) in [6.07, 6.45) is 1.71. The minimum absolute atomic E-state index is 0.0392. The molecule has 126 valence electrons. The quantitative estimate of drug-likeness (QED) is 0.875. The van der Waals surface area contributed by atoms with Crippen molar-refractivity contribution in [3.63, 3.8) is 0 Å². The van der Waals surface area contributed by atoms with Crippen LogP contribution in [-0.2, 0) is 16.0 Å². The molecule has 5 heteroatoms. The number of hydrogen-bond acceptors (Lipinski definition) is 3. The van der Waals surface area contributed by atoms with Gasteiger partial charge in [-0.25, -0.2) is 0 Å². The van der Waals surface area contributed by atoms with Crippen molar-refractivity contribution < 1.29 is 19.4 Å². The number of hydrogen-bond donors (Lipinski definition) is 1. The van der Waals surface area contributed by atoms with Crippen molar-refractivity contribution >= 4 is 11.9 Å². The molecule has 0 aliphatic carbocycles. The van der Waals surface area contributed by atoms with Gasteiger partial charge in [-0.15, -0.1) is 0 Å². The zero-order valence-corrected chi connectivity index (χ0v) is 14.0. The second-order valence-electron chi connectivity index (χ2n) is 6.76. The normalized spacial score (nSPS) is 22.0. The summed E-state index contributed by atoms with van der Waals surface area (Å²) >= 11 is 0. The molecule has 0 aromatic heterocycles. The van der Waals surface area contributed by atoms with Gasteiger partial charge in [-0.2, -0.15) is 0 Å². The van der Waals surface area contributed by atoms with Gasteiger partial charge in [-0.1, -0.05) is 25.1 Å². The van der Waals surface area contributed by atoms with Crippen LogP contribution in [0.3, 0.4) is 0 Å². The number of carbonyl (C=O) groups is 2. The third-order valence-corrected chi connectivity index (χ3v) is 4.63. The molecule has 2 rings (SSSR count). The molecule has 5 nitrogen and oxygen atoms in total. The number of carboxylic acids is 1. The fourth-order valence-electron chi connectivity index (χ4n) is 3.09. The standard InChI is InChI=1S/C18H25NO4/c1-13(10-14-6-4-5-7-15(14)23-3)11-16(20)19-9-8-18(2,12-19)17(21)22/h4-7,13H,8-12H2,1-3H3,(H,21,22). The van der Waals surface area contributed by atoms with E-state index in [2.05, 4.69) is 0 Å². The first-order valence-electron chi connectivity index (χ1n) is 7.99. The number of carbonyl (C=O) groups excluding carboxylic acids is 1. The summed E-state index contributed by atoms with van der Waals surface area (Å²) in [6.45, 7) is 4.59. The number of methoxy groups -OCH3 is 1. The molecule has 0 saturated carbocycles. The van der Waals surface area contributed by atoms with Crippen molar-refractivity contribution in [1.82, 2.24) is 4.90 Å². The summed E-state index contributed by atoms with van der Waals surface area (Å²) < 4.78 is 5.34. The van der Waals surface area contributed by atoms with E-state index in [0.29, 0.717) is 25.9 Å². The van der Waals surface area contributed by atoms with E-state index in [1.807, 2.05) is 31.2 Å². The number of likely N-dealkylation sites (tertiary alicyclic amines) is 1. The lowest BCUT2D eigenvalue weighted by molar-refractivity contribution is -0.147. The maximum absolute atomic E-state index is 12.4. The number of benzene rings is 1. The molecule has 2 unspecified atom stereocenters. The SMILES string of the molecule is COc1ccccc1CC(C)CC(=O)N1CCC(C)(C(=O)O)C1. The van der Waals surface area contributed by atoms with Crippen LogP contribution in [0.1, 0.15) is 32.3 Å². The van der Waals surface area contributed by atoms with Crippen molar-refractivity contribution in [3.05, 3.63) is 29.8 Å². The maximum atomic E-state index is 12.4. The van der Waals surface area contributed by atoms with Crippen LogP contribution >= 0.6 is 0 Å². The molecule has 1 aliphatic rings. The highest BCUT2D eigenvalue weighted by Gasteiger charge is 2.42. The highest BCUT2D eigenvalue weighted by atomic mass is 16.5. The zero-order chi connectivity index (χ0) is 17.0. The average molecular weight is 319 g/mol. The van der Waals surface area contributed by atoms with Crippen LogP contribution in [0.15, 0.2) is 24.3 Å². The van der Waals surface area contributed by atoms with Crippen LogP contribution in [0.4, 0.5) is 0 Å². The second kappa shape index (κ2) is 7.02. The Morgan fingerprint density at radius 1 is 1.39 bits per heavy atom. The van der Waals surface area contributed by atoms with Crippen molar-refractivity contribution in [2.75, 3.05) is 20.2 Å². The van der Waals surface area contributed by atoms with Gasteiger partial charge in [0, 0.05) is 19.5 Å². The van der Waals surface area contributed by atoms with Crippen LogP contribution in [0.2, 0.25) is 0 Å². The number of nitrogens with zero attached hydrogens (tertiary/aromatic N) is 1. The number of ether oxygens (including phenoxy) is 1. The van der Waals surface area contributed by atoms with Crippen molar-refractivity contribution in [2.24, 2.45) is 11.3 Å². The Balaban J connectivity index is 1.92. The molecule has 1 heterocycles. The van der Waals surface area contributed by atoms with E-state index in [4.69, 9.17) is 4.74 Å². The smallest absolute Gasteiger partial charge is 0.311 e. The molecule has 1 aromatic rings. The minimum Gasteiger partial charge on any atom is -0.496 e. The van der Waals surface area contributed by atoms with Gasteiger partial charge in [0.1, 0.15) is 5.75 Å². The molecular weight excluding hydrogens is 294 g/mol. The van der Waals surface area contributed by atoms with Gasteiger partial charge in [0.25, 0.3) is 0 Å². The van der Waals surface area contributed by atoms with E-state index in [1.54, 1.807) is 18.9 Å². The summed E-state index contributed by atoms with van der Waals surface area (Å²) in [5, 5.41) is 9.25. The summed E-state index contributed by atoms with van der Waals surface area (Å²) in [7, 11) is 1.64. The van der Waals surface area contributed by atoms with Crippen molar-refractivity contribution in [1.29, 1.82) is 0 Å². The molecule has 0 bridgehead atoms. The Labute approximate surface area is 137 Å². The highest BCUT2D eigenvalue weighted by Crippen LogP contribution is 2.31. The predicted octanol–water partition coefficient (Wildman–Crippen LogP) is 2.59. The molecule has 0 radical (unpaired) electrons. The molecule has 23 heavy (non-hydrogen) atoms. The second-order valence-corrected chi connectivity index (χ2v) is 6.76. The first-order chi connectivity index (χ1) is 10.9. The Morgan fingerprint density at radius 2 is 2.09 bits per heavy atom. The maximum Gasteiger partial charge on any atom is 0.311 e. The molecule has 0 spiro atoms. The lowest BCUT2D eigenvalue weighted by Crippen LogP contribution is -2.35.